The number of hydrogen-bond acceptors (Lipinski definition) is 3. The summed E-state index contributed by atoms with van der Waals surface area (Å²) in [4.78, 5) is 11.9. The van der Waals surface area contributed by atoms with Crippen LogP contribution in [-0.2, 0) is 15.1 Å². The zero-order chi connectivity index (χ0) is 13.8. The molecule has 0 spiro atoms. The van der Waals surface area contributed by atoms with Gasteiger partial charge in [-0.05, 0) is 38.0 Å². The molecule has 0 saturated heterocycles. The molecule has 2 atom stereocenters. The van der Waals surface area contributed by atoms with Gasteiger partial charge >= 0.3 is 5.97 Å². The molecular weight excluding hydrogens is 252 g/mol. The summed E-state index contributed by atoms with van der Waals surface area (Å²) >= 11 is 5.91. The van der Waals surface area contributed by atoms with Crippen LogP contribution >= 0.6 is 11.6 Å². The minimum absolute atomic E-state index is 0.307. The van der Waals surface area contributed by atoms with Crippen LogP contribution in [0.3, 0.4) is 0 Å². The van der Waals surface area contributed by atoms with Crippen molar-refractivity contribution >= 4 is 17.6 Å². The number of carbonyl (C=O) groups excluding carboxylic acids is 1. The molecule has 1 aromatic carbocycles. The maximum atomic E-state index is 11.9. The molecule has 1 rings (SSSR count). The Labute approximate surface area is 113 Å². The Hall–Kier alpha value is -1.06. The van der Waals surface area contributed by atoms with Gasteiger partial charge in [0.15, 0.2) is 0 Å². The minimum atomic E-state index is -1.29. The third-order valence-electron chi connectivity index (χ3n) is 3.07. The third kappa shape index (κ3) is 3.24. The average molecular weight is 271 g/mol. The van der Waals surface area contributed by atoms with Gasteiger partial charge in [-0.15, -0.1) is 0 Å². The van der Waals surface area contributed by atoms with E-state index in [1.54, 1.807) is 38.1 Å². The molecule has 2 unspecified atom stereocenters. The van der Waals surface area contributed by atoms with Gasteiger partial charge in [0.2, 0.25) is 0 Å². The number of aliphatic hydroxyl groups is 1. The van der Waals surface area contributed by atoms with Gasteiger partial charge in [-0.3, -0.25) is 4.79 Å². The van der Waals surface area contributed by atoms with Crippen LogP contribution < -0.4 is 0 Å². The van der Waals surface area contributed by atoms with Crippen molar-refractivity contribution in [2.24, 2.45) is 5.92 Å². The van der Waals surface area contributed by atoms with Gasteiger partial charge in [0.25, 0.3) is 0 Å². The Morgan fingerprint density at radius 1 is 1.50 bits per heavy atom. The predicted molar refractivity (Wildman–Crippen MR) is 71.4 cm³/mol. The maximum Gasteiger partial charge on any atom is 0.312 e. The van der Waals surface area contributed by atoms with Crippen molar-refractivity contribution in [2.45, 2.75) is 32.8 Å². The molecule has 0 aliphatic heterocycles. The summed E-state index contributed by atoms with van der Waals surface area (Å²) in [6.45, 7) is 5.52. The summed E-state index contributed by atoms with van der Waals surface area (Å²) in [5.41, 5.74) is -0.666. The van der Waals surface area contributed by atoms with E-state index >= 15 is 0 Å². The van der Waals surface area contributed by atoms with Crippen LogP contribution in [0.5, 0.6) is 0 Å². The maximum absolute atomic E-state index is 11.9. The first-order chi connectivity index (χ1) is 8.43. The normalized spacial score (nSPS) is 15.8. The Bertz CT molecular complexity index is 415. The molecule has 1 N–H and O–H groups in total. The van der Waals surface area contributed by atoms with Gasteiger partial charge in [0, 0.05) is 5.02 Å². The van der Waals surface area contributed by atoms with Gasteiger partial charge < -0.3 is 9.84 Å². The lowest BCUT2D eigenvalue weighted by Gasteiger charge is -2.31. The first-order valence-corrected chi connectivity index (χ1v) is 6.46. The fourth-order valence-corrected chi connectivity index (χ4v) is 2.23. The number of ether oxygens (including phenoxy) is 1. The molecule has 18 heavy (non-hydrogen) atoms. The average Bonchev–Trinajstić information content (AvgIpc) is 2.30. The molecule has 0 heterocycles. The fourth-order valence-electron chi connectivity index (χ4n) is 2.04. The van der Waals surface area contributed by atoms with E-state index in [1.165, 1.54) is 0 Å². The van der Waals surface area contributed by atoms with E-state index in [2.05, 4.69) is 0 Å². The second kappa shape index (κ2) is 6.21. The predicted octanol–water partition coefficient (Wildman–Crippen LogP) is 3.14. The Kier molecular flexibility index (Phi) is 5.17. The van der Waals surface area contributed by atoms with Gasteiger partial charge in [0.1, 0.15) is 5.60 Å². The van der Waals surface area contributed by atoms with Crippen LogP contribution in [0.2, 0.25) is 5.02 Å². The molecule has 0 aliphatic rings. The van der Waals surface area contributed by atoms with E-state index in [0.29, 0.717) is 23.6 Å². The van der Waals surface area contributed by atoms with Crippen molar-refractivity contribution in [2.75, 3.05) is 6.61 Å². The standard InChI is InChI=1S/C14H19ClO3/c1-4-12(13(16)18-5-2)14(3,17)10-7-6-8-11(15)9-10/h6-9,12,17H,4-5H2,1-3H3. The van der Waals surface area contributed by atoms with Crippen LogP contribution in [-0.4, -0.2) is 17.7 Å². The number of halogens is 1. The lowest BCUT2D eigenvalue weighted by Crippen LogP contribution is -2.38. The van der Waals surface area contributed by atoms with Gasteiger partial charge in [-0.2, -0.15) is 0 Å². The molecule has 1 aromatic rings. The second-order valence-electron chi connectivity index (χ2n) is 4.37. The fraction of sp³-hybridized carbons (Fsp3) is 0.500. The highest BCUT2D eigenvalue weighted by Gasteiger charge is 2.38. The number of esters is 1. The first-order valence-electron chi connectivity index (χ1n) is 6.08. The molecule has 4 heteroatoms. The summed E-state index contributed by atoms with van der Waals surface area (Å²) in [5.74, 6) is -0.985. The lowest BCUT2D eigenvalue weighted by molar-refractivity contribution is -0.158. The van der Waals surface area contributed by atoms with Crippen molar-refractivity contribution in [1.82, 2.24) is 0 Å². The summed E-state index contributed by atoms with van der Waals surface area (Å²) in [7, 11) is 0. The molecule has 100 valence electrons. The van der Waals surface area contributed by atoms with Crippen molar-refractivity contribution in [3.8, 4) is 0 Å². The van der Waals surface area contributed by atoms with Gasteiger partial charge in [0.05, 0.1) is 12.5 Å². The Morgan fingerprint density at radius 2 is 2.17 bits per heavy atom. The zero-order valence-corrected chi connectivity index (χ0v) is 11.7. The molecule has 0 radical (unpaired) electrons. The minimum Gasteiger partial charge on any atom is -0.466 e. The summed E-state index contributed by atoms with van der Waals surface area (Å²) < 4.78 is 5.00. The summed E-state index contributed by atoms with van der Waals surface area (Å²) in [5, 5.41) is 11.1. The molecule has 0 aromatic heterocycles. The quantitative estimate of drug-likeness (QED) is 0.836. The summed E-state index contributed by atoms with van der Waals surface area (Å²) in [6, 6.07) is 6.91. The molecule has 0 aliphatic carbocycles. The van der Waals surface area contributed by atoms with Crippen molar-refractivity contribution in [3.63, 3.8) is 0 Å². The Morgan fingerprint density at radius 3 is 2.67 bits per heavy atom. The summed E-state index contributed by atoms with van der Waals surface area (Å²) in [6.07, 6.45) is 0.498. The van der Waals surface area contributed by atoms with Crippen LogP contribution in [0.1, 0.15) is 32.8 Å². The third-order valence-corrected chi connectivity index (χ3v) is 3.30. The highest BCUT2D eigenvalue weighted by Crippen LogP contribution is 2.33. The van der Waals surface area contributed by atoms with E-state index in [-0.39, 0.29) is 5.97 Å². The molecule has 0 bridgehead atoms. The molecule has 0 amide bonds. The SMILES string of the molecule is CCOC(=O)C(CC)C(C)(O)c1cccc(Cl)c1. The molecular formula is C14H19ClO3. The number of hydrogen-bond donors (Lipinski definition) is 1. The van der Waals surface area contributed by atoms with E-state index in [4.69, 9.17) is 16.3 Å². The number of carbonyl (C=O) groups is 1. The smallest absolute Gasteiger partial charge is 0.312 e. The van der Waals surface area contributed by atoms with Crippen LogP contribution in [0.15, 0.2) is 24.3 Å². The highest BCUT2D eigenvalue weighted by molar-refractivity contribution is 6.30. The topological polar surface area (TPSA) is 46.5 Å². The second-order valence-corrected chi connectivity index (χ2v) is 4.81. The number of rotatable bonds is 5. The monoisotopic (exact) mass is 270 g/mol. The van der Waals surface area contributed by atoms with Gasteiger partial charge in [-0.1, -0.05) is 30.7 Å². The van der Waals surface area contributed by atoms with E-state index in [1.807, 2.05) is 6.92 Å². The first kappa shape index (κ1) is 15.0. The largest absolute Gasteiger partial charge is 0.466 e. The van der Waals surface area contributed by atoms with Gasteiger partial charge in [-0.25, -0.2) is 0 Å². The lowest BCUT2D eigenvalue weighted by atomic mass is 9.81. The zero-order valence-electron chi connectivity index (χ0n) is 10.9. The Balaban J connectivity index is 3.06. The molecule has 0 saturated carbocycles. The van der Waals surface area contributed by atoms with Crippen molar-refractivity contribution in [3.05, 3.63) is 34.9 Å². The van der Waals surface area contributed by atoms with E-state index in [9.17, 15) is 9.90 Å². The number of benzene rings is 1. The van der Waals surface area contributed by atoms with Crippen LogP contribution in [0.25, 0.3) is 0 Å². The molecule has 0 fully saturated rings. The molecule has 3 nitrogen and oxygen atoms in total. The van der Waals surface area contributed by atoms with Crippen LogP contribution in [0.4, 0.5) is 0 Å². The van der Waals surface area contributed by atoms with Crippen molar-refractivity contribution in [1.29, 1.82) is 0 Å². The van der Waals surface area contributed by atoms with E-state index in [0.717, 1.165) is 0 Å². The highest BCUT2D eigenvalue weighted by atomic mass is 35.5. The van der Waals surface area contributed by atoms with Crippen molar-refractivity contribution < 1.29 is 14.6 Å². The van der Waals surface area contributed by atoms with Crippen LogP contribution in [0, 0.1) is 5.92 Å². The van der Waals surface area contributed by atoms with E-state index < -0.39 is 11.5 Å².